The van der Waals surface area contributed by atoms with E-state index in [1.165, 1.54) is 11.1 Å². The lowest BCUT2D eigenvalue weighted by molar-refractivity contribution is -0.119. The maximum absolute atomic E-state index is 12.0. The summed E-state index contributed by atoms with van der Waals surface area (Å²) in [6.45, 7) is 4.71. The summed E-state index contributed by atoms with van der Waals surface area (Å²) in [6, 6.07) is 19.5. The number of aryl methyl sites for hydroxylation is 2. The molecule has 7 heteroatoms. The first-order valence-electron chi connectivity index (χ1n) is 9.70. The number of ether oxygens (including phenoxy) is 1. The van der Waals surface area contributed by atoms with Crippen LogP contribution in [0, 0.1) is 13.8 Å². The van der Waals surface area contributed by atoms with Crippen LogP contribution >= 0.6 is 31.9 Å². The molecule has 0 spiro atoms. The van der Waals surface area contributed by atoms with Crippen LogP contribution in [0.15, 0.2) is 74.7 Å². The van der Waals surface area contributed by atoms with Gasteiger partial charge in [0.05, 0.1) is 12.8 Å². The molecule has 0 bridgehead atoms. The molecule has 0 aliphatic rings. The van der Waals surface area contributed by atoms with Crippen LogP contribution in [0.2, 0.25) is 0 Å². The van der Waals surface area contributed by atoms with Gasteiger partial charge in [-0.3, -0.25) is 4.79 Å². The number of nitrogens with zero attached hydrogens (tertiary/aromatic N) is 1. The smallest absolute Gasteiger partial charge is 0.259 e. The third-order valence-electron chi connectivity index (χ3n) is 4.65. The Kier molecular flexibility index (Phi) is 8.26. The van der Waals surface area contributed by atoms with E-state index in [0.29, 0.717) is 6.61 Å². The molecule has 0 aliphatic carbocycles. The van der Waals surface area contributed by atoms with Gasteiger partial charge in [-0.1, -0.05) is 44.0 Å². The van der Waals surface area contributed by atoms with Crippen molar-refractivity contribution in [2.45, 2.75) is 20.5 Å². The van der Waals surface area contributed by atoms with E-state index in [1.54, 1.807) is 6.21 Å². The van der Waals surface area contributed by atoms with E-state index >= 15 is 0 Å². The molecule has 160 valence electrons. The molecule has 0 heterocycles. The van der Waals surface area contributed by atoms with Crippen molar-refractivity contribution in [3.8, 4) is 5.75 Å². The number of anilines is 1. The number of hydrogen-bond acceptors (Lipinski definition) is 4. The number of carbonyl (C=O) groups excluding carboxylic acids is 1. The minimum absolute atomic E-state index is 0.151. The maximum Gasteiger partial charge on any atom is 0.259 e. The lowest BCUT2D eigenvalue weighted by Gasteiger charge is -2.08. The molecule has 31 heavy (non-hydrogen) atoms. The van der Waals surface area contributed by atoms with Gasteiger partial charge in [0.2, 0.25) is 0 Å². The van der Waals surface area contributed by atoms with Crippen LogP contribution in [-0.2, 0) is 11.4 Å². The van der Waals surface area contributed by atoms with Gasteiger partial charge in [0, 0.05) is 20.2 Å². The molecule has 0 atom stereocenters. The van der Waals surface area contributed by atoms with Crippen molar-refractivity contribution in [2.75, 3.05) is 11.9 Å². The topological polar surface area (TPSA) is 62.7 Å². The Labute approximate surface area is 199 Å². The third kappa shape index (κ3) is 7.22. The Morgan fingerprint density at radius 2 is 1.77 bits per heavy atom. The van der Waals surface area contributed by atoms with Crippen molar-refractivity contribution in [1.29, 1.82) is 0 Å². The Morgan fingerprint density at radius 1 is 1.00 bits per heavy atom. The van der Waals surface area contributed by atoms with Gasteiger partial charge >= 0.3 is 0 Å². The minimum atomic E-state index is -0.213. The molecule has 0 saturated heterocycles. The lowest BCUT2D eigenvalue weighted by Crippen LogP contribution is -2.25. The monoisotopic (exact) mass is 543 g/mol. The van der Waals surface area contributed by atoms with Crippen molar-refractivity contribution < 1.29 is 9.53 Å². The standard InChI is InChI=1S/C24H23Br2N3O2/c1-16-3-8-21(11-17(16)2)27-14-24(30)29-28-13-18-4-9-22(10-5-18)31-15-19-6-7-20(25)12-23(19)26/h3-13,27H,14-15H2,1-2H3,(H,29,30)/b28-13-. The van der Waals surface area contributed by atoms with E-state index in [2.05, 4.69) is 54.6 Å². The van der Waals surface area contributed by atoms with Crippen molar-refractivity contribution >= 4 is 49.7 Å². The second-order valence-electron chi connectivity index (χ2n) is 7.04. The zero-order chi connectivity index (χ0) is 22.2. The molecule has 2 N–H and O–H groups in total. The molecule has 0 aliphatic heterocycles. The van der Waals surface area contributed by atoms with E-state index < -0.39 is 0 Å². The molecule has 0 saturated carbocycles. The summed E-state index contributed by atoms with van der Waals surface area (Å²) in [6.07, 6.45) is 1.60. The average Bonchev–Trinajstić information content (AvgIpc) is 2.75. The summed E-state index contributed by atoms with van der Waals surface area (Å²) in [5.74, 6) is 0.545. The first-order valence-corrected chi connectivity index (χ1v) is 11.3. The van der Waals surface area contributed by atoms with E-state index in [4.69, 9.17) is 4.74 Å². The number of halogens is 2. The number of nitrogens with one attached hydrogen (secondary N) is 2. The highest BCUT2D eigenvalue weighted by Crippen LogP contribution is 2.23. The predicted molar refractivity (Wildman–Crippen MR) is 133 cm³/mol. The average molecular weight is 545 g/mol. The highest BCUT2D eigenvalue weighted by molar-refractivity contribution is 9.11. The van der Waals surface area contributed by atoms with Crippen LogP contribution in [0.1, 0.15) is 22.3 Å². The molecular weight excluding hydrogens is 522 g/mol. The fraction of sp³-hybridized carbons (Fsp3) is 0.167. The Hall–Kier alpha value is -2.64. The van der Waals surface area contributed by atoms with Gasteiger partial charge in [0.15, 0.2) is 0 Å². The first-order chi connectivity index (χ1) is 14.9. The Morgan fingerprint density at radius 3 is 2.48 bits per heavy atom. The molecule has 3 aromatic rings. The summed E-state index contributed by atoms with van der Waals surface area (Å²) < 4.78 is 7.84. The number of benzene rings is 3. The first kappa shape index (κ1) is 23.0. The Balaban J connectivity index is 1.44. The summed E-state index contributed by atoms with van der Waals surface area (Å²) in [7, 11) is 0. The highest BCUT2D eigenvalue weighted by Gasteiger charge is 2.03. The number of carbonyl (C=O) groups is 1. The van der Waals surface area contributed by atoms with Gasteiger partial charge in [-0.05, 0) is 79.1 Å². The van der Waals surface area contributed by atoms with Gasteiger partial charge < -0.3 is 10.1 Å². The van der Waals surface area contributed by atoms with Crippen molar-refractivity contribution in [3.63, 3.8) is 0 Å². The summed E-state index contributed by atoms with van der Waals surface area (Å²) >= 11 is 6.98. The molecular formula is C24H23Br2N3O2. The number of amides is 1. The fourth-order valence-electron chi connectivity index (χ4n) is 2.70. The fourth-order valence-corrected chi connectivity index (χ4v) is 3.86. The summed E-state index contributed by atoms with van der Waals surface area (Å²) in [5.41, 5.74) is 7.76. The van der Waals surface area contributed by atoms with E-state index in [1.807, 2.05) is 67.6 Å². The van der Waals surface area contributed by atoms with E-state index in [-0.39, 0.29) is 12.5 Å². The minimum Gasteiger partial charge on any atom is -0.489 e. The molecule has 0 aromatic heterocycles. The van der Waals surface area contributed by atoms with Gasteiger partial charge in [-0.15, -0.1) is 0 Å². The van der Waals surface area contributed by atoms with Crippen LogP contribution in [0.5, 0.6) is 5.75 Å². The van der Waals surface area contributed by atoms with Crippen LogP contribution in [0.4, 0.5) is 5.69 Å². The van der Waals surface area contributed by atoms with Gasteiger partial charge in [0.25, 0.3) is 5.91 Å². The molecule has 0 fully saturated rings. The maximum atomic E-state index is 12.0. The van der Waals surface area contributed by atoms with Crippen LogP contribution in [0.3, 0.4) is 0 Å². The number of hydrogen-bond donors (Lipinski definition) is 2. The normalized spacial score (nSPS) is 10.8. The van der Waals surface area contributed by atoms with Crippen LogP contribution in [0.25, 0.3) is 0 Å². The number of rotatable bonds is 8. The largest absolute Gasteiger partial charge is 0.489 e. The number of hydrazone groups is 1. The zero-order valence-corrected chi connectivity index (χ0v) is 20.5. The summed E-state index contributed by atoms with van der Waals surface area (Å²) in [5, 5.41) is 7.11. The van der Waals surface area contributed by atoms with Crippen molar-refractivity contribution in [1.82, 2.24) is 5.43 Å². The van der Waals surface area contributed by atoms with Crippen molar-refractivity contribution in [2.24, 2.45) is 5.10 Å². The van der Waals surface area contributed by atoms with Gasteiger partial charge in [-0.25, -0.2) is 5.43 Å². The van der Waals surface area contributed by atoms with E-state index in [0.717, 1.165) is 31.5 Å². The Bertz CT molecular complexity index is 1080. The molecule has 3 aromatic carbocycles. The van der Waals surface area contributed by atoms with Crippen molar-refractivity contribution in [3.05, 3.63) is 91.9 Å². The molecule has 0 radical (unpaired) electrons. The second kappa shape index (κ2) is 11.1. The quantitative estimate of drug-likeness (QED) is 0.271. The van der Waals surface area contributed by atoms with Gasteiger partial charge in [0.1, 0.15) is 12.4 Å². The predicted octanol–water partition coefficient (Wildman–Crippen LogP) is 5.97. The SMILES string of the molecule is Cc1ccc(NCC(=O)N/N=C\c2ccc(OCc3ccc(Br)cc3Br)cc2)cc1C. The van der Waals surface area contributed by atoms with Crippen LogP contribution in [-0.4, -0.2) is 18.7 Å². The zero-order valence-electron chi connectivity index (χ0n) is 17.3. The molecule has 5 nitrogen and oxygen atoms in total. The van der Waals surface area contributed by atoms with E-state index in [9.17, 15) is 4.79 Å². The van der Waals surface area contributed by atoms with Crippen LogP contribution < -0.4 is 15.5 Å². The lowest BCUT2D eigenvalue weighted by atomic mass is 10.1. The summed E-state index contributed by atoms with van der Waals surface area (Å²) in [4.78, 5) is 12.0. The third-order valence-corrected chi connectivity index (χ3v) is 5.88. The molecule has 1 amide bonds. The molecule has 0 unspecified atom stereocenters. The second-order valence-corrected chi connectivity index (χ2v) is 8.81. The molecule has 3 rings (SSSR count). The van der Waals surface area contributed by atoms with Gasteiger partial charge in [-0.2, -0.15) is 5.10 Å². The highest BCUT2D eigenvalue weighted by atomic mass is 79.9.